The lowest BCUT2D eigenvalue weighted by Crippen LogP contribution is -1.97. The molecule has 0 aromatic rings. The van der Waals surface area contributed by atoms with Gasteiger partial charge >= 0.3 is 0 Å². The van der Waals surface area contributed by atoms with E-state index in [4.69, 9.17) is 0 Å². The molecule has 0 heterocycles. The lowest BCUT2D eigenvalue weighted by atomic mass is 9.89. The van der Waals surface area contributed by atoms with Crippen LogP contribution in [-0.2, 0) is 0 Å². The molecule has 114 valence electrons. The summed E-state index contributed by atoms with van der Waals surface area (Å²) in [5.74, 6) is 0. The number of hydrogen-bond donors (Lipinski definition) is 0. The van der Waals surface area contributed by atoms with Gasteiger partial charge in [-0.3, -0.25) is 0 Å². The van der Waals surface area contributed by atoms with Crippen LogP contribution in [0.5, 0.6) is 0 Å². The third-order valence-electron chi connectivity index (χ3n) is 5.09. The van der Waals surface area contributed by atoms with Crippen LogP contribution in [0, 0.1) is 0 Å². The molecule has 0 unspecified atom stereocenters. The maximum Gasteiger partial charge on any atom is -0.0136 e. The molecule has 0 atom stereocenters. The third-order valence-corrected chi connectivity index (χ3v) is 5.09. The van der Waals surface area contributed by atoms with E-state index in [1.54, 1.807) is 0 Å². The molecule has 0 nitrogen and oxygen atoms in total. The highest BCUT2D eigenvalue weighted by molar-refractivity contribution is 5.18. The van der Waals surface area contributed by atoms with Gasteiger partial charge in [0.05, 0.1) is 0 Å². The Hall–Kier alpha value is -0.520. The van der Waals surface area contributed by atoms with Gasteiger partial charge in [0.15, 0.2) is 0 Å². The highest BCUT2D eigenvalue weighted by atomic mass is 14.1. The quantitative estimate of drug-likeness (QED) is 0.413. The second kappa shape index (κ2) is 10.2. The number of rotatable bonds is 0. The van der Waals surface area contributed by atoms with Crippen molar-refractivity contribution >= 4 is 0 Å². The molecule has 0 spiro atoms. The Labute approximate surface area is 126 Å². The fourth-order valence-electron chi connectivity index (χ4n) is 3.76. The molecule has 0 aromatic heterocycles. The summed E-state index contributed by atoms with van der Waals surface area (Å²) in [5.41, 5.74) is 3.68. The zero-order chi connectivity index (χ0) is 13.9. The van der Waals surface area contributed by atoms with Crippen LogP contribution in [0.2, 0.25) is 0 Å². The van der Waals surface area contributed by atoms with Crippen molar-refractivity contribution in [1.29, 1.82) is 0 Å². The molecule has 0 heteroatoms. The monoisotopic (exact) mass is 274 g/mol. The molecule has 0 N–H and O–H groups in total. The molecule has 2 aliphatic rings. The lowest BCUT2D eigenvalue weighted by molar-refractivity contribution is 0.548. The summed E-state index contributed by atoms with van der Waals surface area (Å²) >= 11 is 0. The second-order valence-electron chi connectivity index (χ2n) is 6.81. The van der Waals surface area contributed by atoms with Gasteiger partial charge in [-0.25, -0.2) is 0 Å². The van der Waals surface area contributed by atoms with Crippen LogP contribution < -0.4 is 0 Å². The summed E-state index contributed by atoms with van der Waals surface area (Å²) in [5, 5.41) is 0. The fraction of sp³-hybridized carbons (Fsp3) is 0.800. The molecule has 2 rings (SSSR count). The van der Waals surface area contributed by atoms with E-state index in [-0.39, 0.29) is 0 Å². The van der Waals surface area contributed by atoms with Gasteiger partial charge in [-0.05, 0) is 57.8 Å². The molecular weight excluding hydrogens is 240 g/mol. The minimum Gasteiger partial charge on any atom is -0.0882 e. The topological polar surface area (TPSA) is 0 Å². The maximum atomic E-state index is 2.46. The minimum absolute atomic E-state index is 1.26. The van der Waals surface area contributed by atoms with E-state index >= 15 is 0 Å². The molecule has 20 heavy (non-hydrogen) atoms. The molecule has 0 saturated carbocycles. The van der Waals surface area contributed by atoms with E-state index in [0.717, 1.165) is 0 Å². The van der Waals surface area contributed by atoms with Crippen molar-refractivity contribution in [3.8, 4) is 0 Å². The lowest BCUT2D eigenvalue weighted by Gasteiger charge is -2.17. The Bertz CT molecular complexity index is 308. The summed E-state index contributed by atoms with van der Waals surface area (Å²) in [6, 6.07) is 0. The Balaban J connectivity index is 2.01. The molecule has 0 fully saturated rings. The standard InChI is InChI=1S/C20H34/c1-2-4-8-12-16-20-18-14-10-6-5-9-13-17-19(20)15-11-7-3-1/h9,13H,1-8,10-12,14-18H2/b13-9-,20-19-. The Morgan fingerprint density at radius 3 is 1.60 bits per heavy atom. The van der Waals surface area contributed by atoms with Crippen molar-refractivity contribution < 1.29 is 0 Å². The van der Waals surface area contributed by atoms with Crippen LogP contribution in [0.4, 0.5) is 0 Å². The average Bonchev–Trinajstić information content (AvgIpc) is 2.46. The second-order valence-corrected chi connectivity index (χ2v) is 6.81. The normalized spacial score (nSPS) is 29.6. The van der Waals surface area contributed by atoms with Gasteiger partial charge in [-0.1, -0.05) is 68.2 Å². The van der Waals surface area contributed by atoms with Crippen LogP contribution >= 0.6 is 0 Å². The van der Waals surface area contributed by atoms with E-state index in [9.17, 15) is 0 Å². The predicted molar refractivity (Wildman–Crippen MR) is 90.0 cm³/mol. The van der Waals surface area contributed by atoms with Gasteiger partial charge < -0.3 is 0 Å². The van der Waals surface area contributed by atoms with Crippen LogP contribution in [-0.4, -0.2) is 0 Å². The van der Waals surface area contributed by atoms with Crippen molar-refractivity contribution in [2.45, 2.75) is 103 Å². The van der Waals surface area contributed by atoms with Gasteiger partial charge in [-0.15, -0.1) is 0 Å². The Morgan fingerprint density at radius 1 is 0.450 bits per heavy atom. The first kappa shape index (κ1) is 15.9. The zero-order valence-corrected chi connectivity index (χ0v) is 13.5. The van der Waals surface area contributed by atoms with Crippen molar-refractivity contribution in [3.05, 3.63) is 23.3 Å². The predicted octanol–water partition coefficient (Wildman–Crippen LogP) is 7.11. The van der Waals surface area contributed by atoms with Crippen LogP contribution in [0.25, 0.3) is 0 Å². The molecule has 2 aliphatic carbocycles. The fourth-order valence-corrected chi connectivity index (χ4v) is 3.76. The van der Waals surface area contributed by atoms with Gasteiger partial charge in [-0.2, -0.15) is 0 Å². The van der Waals surface area contributed by atoms with E-state index in [0.29, 0.717) is 0 Å². The molecule has 0 bridgehead atoms. The molecular formula is C20H34. The third kappa shape index (κ3) is 6.29. The first-order valence-electron chi connectivity index (χ1n) is 9.31. The first-order valence-corrected chi connectivity index (χ1v) is 9.31. The van der Waals surface area contributed by atoms with Crippen molar-refractivity contribution in [1.82, 2.24) is 0 Å². The summed E-state index contributed by atoms with van der Waals surface area (Å²) in [6.07, 6.45) is 27.7. The maximum absolute atomic E-state index is 2.46. The van der Waals surface area contributed by atoms with Crippen molar-refractivity contribution in [3.63, 3.8) is 0 Å². The highest BCUT2D eigenvalue weighted by Gasteiger charge is 2.08. The number of hydrogen-bond acceptors (Lipinski definition) is 0. The summed E-state index contributed by atoms with van der Waals surface area (Å²) in [6.45, 7) is 0. The molecule has 0 aliphatic heterocycles. The molecule has 0 radical (unpaired) electrons. The van der Waals surface area contributed by atoms with Gasteiger partial charge in [0, 0.05) is 0 Å². The largest absolute Gasteiger partial charge is 0.0882 e. The summed E-state index contributed by atoms with van der Waals surface area (Å²) in [7, 11) is 0. The van der Waals surface area contributed by atoms with Crippen LogP contribution in [0.15, 0.2) is 23.3 Å². The number of allylic oxidation sites excluding steroid dienone is 4. The molecule has 0 amide bonds. The van der Waals surface area contributed by atoms with Crippen LogP contribution in [0.3, 0.4) is 0 Å². The zero-order valence-electron chi connectivity index (χ0n) is 13.5. The van der Waals surface area contributed by atoms with Gasteiger partial charge in [0.2, 0.25) is 0 Å². The van der Waals surface area contributed by atoms with E-state index in [2.05, 4.69) is 12.2 Å². The van der Waals surface area contributed by atoms with Gasteiger partial charge in [0.1, 0.15) is 0 Å². The average molecular weight is 274 g/mol. The SMILES string of the molecule is C1=C\C/C2=C(\CCCCC/1)CCCCCCCCCC2. The van der Waals surface area contributed by atoms with Gasteiger partial charge in [0.25, 0.3) is 0 Å². The first-order chi connectivity index (χ1) is 9.97. The smallest absolute Gasteiger partial charge is 0.0136 e. The highest BCUT2D eigenvalue weighted by Crippen LogP contribution is 2.28. The molecule has 0 saturated heterocycles. The molecule has 0 aromatic carbocycles. The van der Waals surface area contributed by atoms with Crippen molar-refractivity contribution in [2.24, 2.45) is 0 Å². The van der Waals surface area contributed by atoms with E-state index in [1.165, 1.54) is 103 Å². The summed E-state index contributed by atoms with van der Waals surface area (Å²) in [4.78, 5) is 0. The Kier molecular flexibility index (Phi) is 8.12. The Morgan fingerprint density at radius 2 is 0.950 bits per heavy atom. The van der Waals surface area contributed by atoms with Crippen LogP contribution in [0.1, 0.15) is 103 Å². The minimum atomic E-state index is 1.26. The van der Waals surface area contributed by atoms with E-state index < -0.39 is 0 Å². The van der Waals surface area contributed by atoms with Crippen molar-refractivity contribution in [2.75, 3.05) is 0 Å². The van der Waals surface area contributed by atoms with E-state index in [1.807, 2.05) is 11.1 Å². The summed E-state index contributed by atoms with van der Waals surface area (Å²) < 4.78 is 0.